The first-order valence-corrected chi connectivity index (χ1v) is 6.89. The number of hydrogen-bond donors (Lipinski definition) is 0. The van der Waals surface area contributed by atoms with E-state index in [0.29, 0.717) is 18.2 Å². The van der Waals surface area contributed by atoms with Gasteiger partial charge in [0.05, 0.1) is 12.7 Å². The standard InChI is InChI=1S/C15H14BClO3/c17-13-6-8-14(9-7-13)18-10-15-11-19-16(20-15)12-4-2-1-3-5-12/h1-9,15H,10-11H2/t15-/m0/s1. The van der Waals surface area contributed by atoms with E-state index in [1.165, 1.54) is 0 Å². The molecule has 0 N–H and O–H groups in total. The summed E-state index contributed by atoms with van der Waals surface area (Å²) in [6.07, 6.45) is -0.0594. The molecule has 102 valence electrons. The average Bonchev–Trinajstić information content (AvgIpc) is 2.97. The van der Waals surface area contributed by atoms with E-state index in [2.05, 4.69) is 0 Å². The second-order valence-electron chi connectivity index (χ2n) is 4.60. The zero-order chi connectivity index (χ0) is 13.8. The van der Waals surface area contributed by atoms with Crippen molar-refractivity contribution >= 4 is 24.2 Å². The van der Waals surface area contributed by atoms with Crippen LogP contribution in [0.5, 0.6) is 5.75 Å². The van der Waals surface area contributed by atoms with E-state index in [4.69, 9.17) is 25.6 Å². The van der Waals surface area contributed by atoms with Crippen molar-refractivity contribution in [2.75, 3.05) is 13.2 Å². The van der Waals surface area contributed by atoms with Crippen molar-refractivity contribution in [1.82, 2.24) is 0 Å². The van der Waals surface area contributed by atoms with Gasteiger partial charge in [-0.15, -0.1) is 0 Å². The van der Waals surface area contributed by atoms with Crippen LogP contribution in [0.25, 0.3) is 0 Å². The quantitative estimate of drug-likeness (QED) is 0.809. The predicted octanol–water partition coefficient (Wildman–Crippen LogP) is 2.53. The summed E-state index contributed by atoms with van der Waals surface area (Å²) in [6, 6.07) is 17.2. The number of benzene rings is 2. The monoisotopic (exact) mass is 288 g/mol. The zero-order valence-corrected chi connectivity index (χ0v) is 11.6. The molecule has 0 bridgehead atoms. The van der Waals surface area contributed by atoms with Crippen molar-refractivity contribution in [2.24, 2.45) is 0 Å². The average molecular weight is 289 g/mol. The highest BCUT2D eigenvalue weighted by molar-refractivity contribution is 6.61. The molecule has 5 heteroatoms. The van der Waals surface area contributed by atoms with Crippen LogP contribution in [-0.4, -0.2) is 26.4 Å². The molecule has 1 saturated heterocycles. The number of rotatable bonds is 4. The molecule has 1 aliphatic heterocycles. The Kier molecular flexibility index (Phi) is 4.26. The summed E-state index contributed by atoms with van der Waals surface area (Å²) >= 11 is 5.83. The van der Waals surface area contributed by atoms with Crippen molar-refractivity contribution in [3.05, 3.63) is 59.6 Å². The van der Waals surface area contributed by atoms with Crippen LogP contribution in [0, 0.1) is 0 Å². The molecule has 1 heterocycles. The summed E-state index contributed by atoms with van der Waals surface area (Å²) in [5, 5.41) is 0.696. The molecule has 1 atom stereocenters. The minimum absolute atomic E-state index is 0.0594. The highest BCUT2D eigenvalue weighted by Crippen LogP contribution is 2.17. The van der Waals surface area contributed by atoms with Crippen molar-refractivity contribution in [3.8, 4) is 5.75 Å². The van der Waals surface area contributed by atoms with Gasteiger partial charge in [-0.3, -0.25) is 0 Å². The van der Waals surface area contributed by atoms with Gasteiger partial charge in [0.2, 0.25) is 0 Å². The molecule has 20 heavy (non-hydrogen) atoms. The van der Waals surface area contributed by atoms with Gasteiger partial charge in [-0.25, -0.2) is 0 Å². The molecule has 3 nitrogen and oxygen atoms in total. The summed E-state index contributed by atoms with van der Waals surface area (Å²) in [5.41, 5.74) is 1.03. The maximum atomic E-state index is 5.83. The molecule has 0 radical (unpaired) electrons. The zero-order valence-electron chi connectivity index (χ0n) is 10.9. The van der Waals surface area contributed by atoms with Crippen LogP contribution < -0.4 is 10.2 Å². The Hall–Kier alpha value is -1.49. The first kappa shape index (κ1) is 13.5. The van der Waals surface area contributed by atoms with Crippen LogP contribution in [0.4, 0.5) is 0 Å². The Morgan fingerprint density at radius 1 is 1.10 bits per heavy atom. The topological polar surface area (TPSA) is 27.7 Å². The van der Waals surface area contributed by atoms with E-state index in [0.717, 1.165) is 11.2 Å². The van der Waals surface area contributed by atoms with Gasteiger partial charge in [-0.05, 0) is 29.7 Å². The highest BCUT2D eigenvalue weighted by atomic mass is 35.5. The summed E-state index contributed by atoms with van der Waals surface area (Å²) in [4.78, 5) is 0. The van der Waals surface area contributed by atoms with Gasteiger partial charge in [-0.1, -0.05) is 41.9 Å². The third kappa shape index (κ3) is 3.34. The van der Waals surface area contributed by atoms with Gasteiger partial charge < -0.3 is 14.0 Å². The van der Waals surface area contributed by atoms with E-state index >= 15 is 0 Å². The Morgan fingerprint density at radius 3 is 2.60 bits per heavy atom. The normalized spacial score (nSPS) is 18.2. The lowest BCUT2D eigenvalue weighted by Crippen LogP contribution is -2.33. The van der Waals surface area contributed by atoms with E-state index in [1.54, 1.807) is 12.1 Å². The molecule has 0 amide bonds. The fourth-order valence-corrected chi connectivity index (χ4v) is 2.17. The van der Waals surface area contributed by atoms with Gasteiger partial charge >= 0.3 is 7.12 Å². The van der Waals surface area contributed by atoms with Crippen LogP contribution in [0.2, 0.25) is 5.02 Å². The molecule has 2 aromatic carbocycles. The van der Waals surface area contributed by atoms with E-state index in [9.17, 15) is 0 Å². The second kappa shape index (κ2) is 6.31. The fourth-order valence-electron chi connectivity index (χ4n) is 2.04. The Balaban J connectivity index is 1.52. The molecule has 1 fully saturated rings. The minimum Gasteiger partial charge on any atom is -0.491 e. The first-order valence-electron chi connectivity index (χ1n) is 6.51. The SMILES string of the molecule is Clc1ccc(OC[C@H]2COB(c3ccccc3)O2)cc1. The first-order chi connectivity index (χ1) is 9.81. The molecule has 0 saturated carbocycles. The summed E-state index contributed by atoms with van der Waals surface area (Å²) < 4.78 is 17.1. The van der Waals surface area contributed by atoms with Gasteiger partial charge in [0, 0.05) is 5.02 Å². The molecule has 0 spiro atoms. The van der Waals surface area contributed by atoms with Crippen molar-refractivity contribution in [3.63, 3.8) is 0 Å². The summed E-state index contributed by atoms with van der Waals surface area (Å²) in [6.45, 7) is 0.998. The predicted molar refractivity (Wildman–Crippen MR) is 79.6 cm³/mol. The molecule has 2 aromatic rings. The third-order valence-electron chi connectivity index (χ3n) is 3.07. The Morgan fingerprint density at radius 2 is 1.85 bits per heavy atom. The maximum absolute atomic E-state index is 5.83. The van der Waals surface area contributed by atoms with Crippen molar-refractivity contribution < 1.29 is 14.0 Å². The summed E-state index contributed by atoms with van der Waals surface area (Å²) in [7, 11) is -0.296. The minimum atomic E-state index is -0.296. The lowest BCUT2D eigenvalue weighted by Gasteiger charge is -2.11. The van der Waals surface area contributed by atoms with E-state index in [-0.39, 0.29) is 13.2 Å². The van der Waals surface area contributed by atoms with Crippen LogP contribution in [0.3, 0.4) is 0 Å². The third-order valence-corrected chi connectivity index (χ3v) is 3.32. The van der Waals surface area contributed by atoms with Gasteiger partial charge in [0.25, 0.3) is 0 Å². The summed E-state index contributed by atoms with van der Waals surface area (Å²) in [5.74, 6) is 0.779. The number of ether oxygens (including phenoxy) is 1. The Bertz CT molecular complexity index is 547. The van der Waals surface area contributed by atoms with Crippen LogP contribution in [0.15, 0.2) is 54.6 Å². The smallest absolute Gasteiger partial charge is 0.491 e. The lowest BCUT2D eigenvalue weighted by atomic mass is 9.79. The second-order valence-corrected chi connectivity index (χ2v) is 5.04. The molecule has 0 aromatic heterocycles. The molecule has 0 aliphatic carbocycles. The maximum Gasteiger partial charge on any atom is 0.494 e. The van der Waals surface area contributed by atoms with Crippen LogP contribution >= 0.6 is 11.6 Å². The van der Waals surface area contributed by atoms with Gasteiger partial charge in [-0.2, -0.15) is 0 Å². The molecule has 1 aliphatic rings. The van der Waals surface area contributed by atoms with Gasteiger partial charge in [0.15, 0.2) is 0 Å². The molecular weight excluding hydrogens is 274 g/mol. The largest absolute Gasteiger partial charge is 0.494 e. The highest BCUT2D eigenvalue weighted by Gasteiger charge is 2.33. The lowest BCUT2D eigenvalue weighted by molar-refractivity contribution is 0.148. The Labute approximate surface area is 123 Å². The van der Waals surface area contributed by atoms with Crippen molar-refractivity contribution in [1.29, 1.82) is 0 Å². The molecule has 0 unspecified atom stereocenters. The molecular formula is C15H14BClO3. The number of hydrogen-bond acceptors (Lipinski definition) is 3. The number of halogens is 1. The van der Waals surface area contributed by atoms with E-state index in [1.807, 2.05) is 42.5 Å². The van der Waals surface area contributed by atoms with Gasteiger partial charge in [0.1, 0.15) is 12.4 Å². The fraction of sp³-hybridized carbons (Fsp3) is 0.200. The molecule has 3 rings (SSSR count). The van der Waals surface area contributed by atoms with Crippen molar-refractivity contribution in [2.45, 2.75) is 6.10 Å². The van der Waals surface area contributed by atoms with E-state index < -0.39 is 0 Å². The van der Waals surface area contributed by atoms with Crippen LogP contribution in [-0.2, 0) is 9.31 Å². The van der Waals surface area contributed by atoms with Crippen LogP contribution in [0.1, 0.15) is 0 Å².